The van der Waals surface area contributed by atoms with Gasteiger partial charge in [0.25, 0.3) is 0 Å². The van der Waals surface area contributed by atoms with Gasteiger partial charge in [-0.2, -0.15) is 5.10 Å². The van der Waals surface area contributed by atoms with Gasteiger partial charge in [-0.1, -0.05) is 35.3 Å². The highest BCUT2D eigenvalue weighted by molar-refractivity contribution is 9.10. The molecule has 2 atom stereocenters. The van der Waals surface area contributed by atoms with Crippen molar-refractivity contribution in [3.8, 4) is 5.75 Å². The molecule has 6 rings (SSSR count). The first-order chi connectivity index (χ1) is 21.2. The van der Waals surface area contributed by atoms with Crippen LogP contribution in [0.1, 0.15) is 75.5 Å². The van der Waals surface area contributed by atoms with Crippen LogP contribution in [-0.4, -0.2) is 65.3 Å². The van der Waals surface area contributed by atoms with Crippen molar-refractivity contribution in [2.75, 3.05) is 37.6 Å². The number of imide groups is 1. The number of nitrogens with one attached hydrogen (secondary N) is 1. The van der Waals surface area contributed by atoms with E-state index in [4.69, 9.17) is 9.84 Å². The van der Waals surface area contributed by atoms with Gasteiger partial charge < -0.3 is 9.64 Å². The molecule has 3 aliphatic rings. The Bertz CT molecular complexity index is 1490. The van der Waals surface area contributed by atoms with Gasteiger partial charge in [0.05, 0.1) is 23.2 Å². The molecule has 1 aromatic heterocycles. The van der Waals surface area contributed by atoms with Gasteiger partial charge in [0, 0.05) is 67.3 Å². The molecule has 3 heterocycles. The number of aryl methyl sites for hydroxylation is 1. The summed E-state index contributed by atoms with van der Waals surface area (Å²) in [6.45, 7) is 9.89. The van der Waals surface area contributed by atoms with Crippen molar-refractivity contribution < 1.29 is 14.3 Å². The molecule has 2 aromatic carbocycles. The lowest BCUT2D eigenvalue weighted by Gasteiger charge is -2.37. The van der Waals surface area contributed by atoms with Crippen LogP contribution in [-0.2, 0) is 16.6 Å². The Hall–Kier alpha value is -2.91. The maximum Gasteiger partial charge on any atom is 0.235 e. The predicted octanol–water partition coefficient (Wildman–Crippen LogP) is 6.34. The smallest absolute Gasteiger partial charge is 0.235 e. The third-order valence-corrected chi connectivity index (χ3v) is 11.0. The number of amides is 2. The van der Waals surface area contributed by atoms with E-state index in [1.165, 1.54) is 43.5 Å². The second-order valence-corrected chi connectivity index (χ2v) is 14.2. The van der Waals surface area contributed by atoms with E-state index in [1.807, 2.05) is 11.7 Å². The number of carbonyl (C=O) groups is 2. The molecule has 0 spiro atoms. The average molecular weight is 665 g/mol. The molecule has 8 nitrogen and oxygen atoms in total. The van der Waals surface area contributed by atoms with Crippen molar-refractivity contribution in [3.63, 3.8) is 0 Å². The van der Waals surface area contributed by atoms with Crippen LogP contribution < -0.4 is 15.0 Å². The first-order valence-corrected chi connectivity index (χ1v) is 17.2. The molecular formula is C35H46BrN5O3. The van der Waals surface area contributed by atoms with Gasteiger partial charge in [0.1, 0.15) is 5.75 Å². The van der Waals surface area contributed by atoms with Crippen LogP contribution in [0.4, 0.5) is 5.69 Å². The average Bonchev–Trinajstić information content (AvgIpc) is 3.34. The number of benzene rings is 2. The lowest BCUT2D eigenvalue weighted by atomic mass is 9.83. The maximum atomic E-state index is 12.5. The standard InChI is InChI=1S/C35H46BrN5O3/c1-23(7-8-25-9-12-27(13-10-25)44-32-6-4-5-30(36)24(32)2)22-40-17-19-41(20-18-40)26-11-14-28-31(21-26)39(3)38-34(28)29-15-16-33(42)37-35(29)43/h4-6,11,14,21,23,25,27,29H,7-10,12-13,15-20,22H2,1-3H3,(H,37,42,43)/t23-,25?,27?,29?/m0/s1. The van der Waals surface area contributed by atoms with Crippen LogP contribution in [0.5, 0.6) is 5.75 Å². The molecule has 0 radical (unpaired) electrons. The number of hydrogen-bond donors (Lipinski definition) is 1. The van der Waals surface area contributed by atoms with E-state index in [-0.39, 0.29) is 17.7 Å². The monoisotopic (exact) mass is 663 g/mol. The van der Waals surface area contributed by atoms with E-state index in [0.29, 0.717) is 24.9 Å². The quantitative estimate of drug-likeness (QED) is 0.269. The van der Waals surface area contributed by atoms with Crippen LogP contribution in [0.3, 0.4) is 0 Å². The molecule has 3 fully saturated rings. The van der Waals surface area contributed by atoms with E-state index in [2.05, 4.69) is 81.3 Å². The molecule has 0 bridgehead atoms. The van der Waals surface area contributed by atoms with E-state index < -0.39 is 0 Å². The Morgan fingerprint density at radius 1 is 1.05 bits per heavy atom. The second kappa shape index (κ2) is 13.6. The van der Waals surface area contributed by atoms with Crippen LogP contribution in [0.2, 0.25) is 0 Å². The highest BCUT2D eigenvalue weighted by Crippen LogP contribution is 2.35. The first-order valence-electron chi connectivity index (χ1n) is 16.4. The van der Waals surface area contributed by atoms with Crippen molar-refractivity contribution in [3.05, 3.63) is 52.1 Å². The van der Waals surface area contributed by atoms with Crippen molar-refractivity contribution in [1.82, 2.24) is 20.0 Å². The van der Waals surface area contributed by atoms with E-state index in [0.717, 1.165) is 71.8 Å². The van der Waals surface area contributed by atoms with Crippen molar-refractivity contribution in [2.45, 2.75) is 77.2 Å². The molecule has 1 saturated carbocycles. The molecule has 1 N–H and O–H groups in total. The Kier molecular flexibility index (Phi) is 9.62. The van der Waals surface area contributed by atoms with Crippen LogP contribution >= 0.6 is 15.9 Å². The zero-order chi connectivity index (χ0) is 30.8. The maximum absolute atomic E-state index is 12.5. The summed E-state index contributed by atoms with van der Waals surface area (Å²) in [6, 6.07) is 12.7. The summed E-state index contributed by atoms with van der Waals surface area (Å²) in [6.07, 6.45) is 8.73. The first kappa shape index (κ1) is 31.1. The molecule has 236 valence electrons. The lowest BCUT2D eigenvalue weighted by molar-refractivity contribution is -0.134. The number of aromatic nitrogens is 2. The molecule has 3 aromatic rings. The fourth-order valence-electron chi connectivity index (χ4n) is 7.36. The number of rotatable bonds is 9. The number of hydrogen-bond acceptors (Lipinski definition) is 6. The SMILES string of the molecule is Cc1c(Br)cccc1OC1CCC(CC[C@H](C)CN2CCN(c3ccc4c(C5CCC(=O)NC5=O)nn(C)c4c3)CC2)CC1. The molecule has 2 aliphatic heterocycles. The minimum absolute atomic E-state index is 0.196. The van der Waals surface area contributed by atoms with Gasteiger partial charge in [0.2, 0.25) is 11.8 Å². The Morgan fingerprint density at radius 3 is 2.57 bits per heavy atom. The second-order valence-electron chi connectivity index (χ2n) is 13.3. The van der Waals surface area contributed by atoms with Gasteiger partial charge in [-0.15, -0.1) is 0 Å². The molecule has 1 aliphatic carbocycles. The topological polar surface area (TPSA) is 79.7 Å². The highest BCUT2D eigenvalue weighted by Gasteiger charge is 2.32. The lowest BCUT2D eigenvalue weighted by Crippen LogP contribution is -2.47. The minimum atomic E-state index is -0.372. The van der Waals surface area contributed by atoms with Crippen molar-refractivity contribution in [1.29, 1.82) is 0 Å². The summed E-state index contributed by atoms with van der Waals surface area (Å²) >= 11 is 3.62. The largest absolute Gasteiger partial charge is 0.490 e. The van der Waals surface area contributed by atoms with E-state index in [1.54, 1.807) is 0 Å². The van der Waals surface area contributed by atoms with Crippen LogP contribution in [0.15, 0.2) is 40.9 Å². The van der Waals surface area contributed by atoms with Gasteiger partial charge in [-0.05, 0) is 87.6 Å². The number of carbonyl (C=O) groups excluding carboxylic acids is 2. The summed E-state index contributed by atoms with van der Waals surface area (Å²) in [5, 5.41) is 8.18. The zero-order valence-corrected chi connectivity index (χ0v) is 27.9. The summed E-state index contributed by atoms with van der Waals surface area (Å²) in [5.41, 5.74) is 4.20. The summed E-state index contributed by atoms with van der Waals surface area (Å²) in [5.74, 6) is 1.75. The number of fused-ring (bicyclic) bond motifs is 1. The zero-order valence-electron chi connectivity index (χ0n) is 26.4. The molecular weight excluding hydrogens is 618 g/mol. The van der Waals surface area contributed by atoms with Gasteiger partial charge in [-0.3, -0.25) is 24.5 Å². The van der Waals surface area contributed by atoms with Crippen LogP contribution in [0.25, 0.3) is 10.9 Å². The number of nitrogens with zero attached hydrogens (tertiary/aromatic N) is 4. The molecule has 2 amide bonds. The Balaban J connectivity index is 0.941. The van der Waals surface area contributed by atoms with Gasteiger partial charge in [-0.25, -0.2) is 0 Å². The predicted molar refractivity (Wildman–Crippen MR) is 178 cm³/mol. The fourth-order valence-corrected chi connectivity index (χ4v) is 7.70. The van der Waals surface area contributed by atoms with E-state index in [9.17, 15) is 9.59 Å². The Morgan fingerprint density at radius 2 is 1.82 bits per heavy atom. The third-order valence-electron chi connectivity index (χ3n) is 10.1. The number of piperidine rings is 1. The normalized spacial score (nSPS) is 24.0. The number of ether oxygens (including phenoxy) is 1. The molecule has 9 heteroatoms. The summed E-state index contributed by atoms with van der Waals surface area (Å²) in [4.78, 5) is 29.2. The minimum Gasteiger partial charge on any atom is -0.490 e. The fraction of sp³-hybridized carbons (Fsp3) is 0.571. The summed E-state index contributed by atoms with van der Waals surface area (Å²) < 4.78 is 9.36. The Labute approximate surface area is 269 Å². The highest BCUT2D eigenvalue weighted by atomic mass is 79.9. The number of piperazine rings is 1. The summed E-state index contributed by atoms with van der Waals surface area (Å²) in [7, 11) is 1.94. The van der Waals surface area contributed by atoms with Crippen LogP contribution in [0, 0.1) is 18.8 Å². The molecule has 2 saturated heterocycles. The third kappa shape index (κ3) is 6.99. The molecule has 1 unspecified atom stereocenters. The van der Waals surface area contributed by atoms with Crippen molar-refractivity contribution >= 4 is 44.3 Å². The van der Waals surface area contributed by atoms with Gasteiger partial charge in [0.15, 0.2) is 0 Å². The molecule has 44 heavy (non-hydrogen) atoms. The number of halogens is 1. The van der Waals surface area contributed by atoms with E-state index >= 15 is 0 Å². The number of anilines is 1. The van der Waals surface area contributed by atoms with Gasteiger partial charge >= 0.3 is 0 Å². The van der Waals surface area contributed by atoms with Crippen molar-refractivity contribution in [2.24, 2.45) is 18.9 Å².